The summed E-state index contributed by atoms with van der Waals surface area (Å²) in [7, 11) is 0. The molecule has 1 aromatic heterocycles. The highest BCUT2D eigenvalue weighted by Gasteiger charge is 2.31. The molecular weight excluding hydrogens is 319 g/mol. The van der Waals surface area contributed by atoms with E-state index in [-0.39, 0.29) is 12.5 Å². The van der Waals surface area contributed by atoms with Crippen molar-refractivity contribution < 1.29 is 33.0 Å². The lowest BCUT2D eigenvalue weighted by Gasteiger charge is -2.07. The number of hydrogen-bond acceptors (Lipinski definition) is 4. The maximum absolute atomic E-state index is 12.1. The van der Waals surface area contributed by atoms with Gasteiger partial charge in [-0.2, -0.15) is 13.2 Å². The van der Waals surface area contributed by atoms with Crippen molar-refractivity contribution in [3.05, 3.63) is 29.6 Å². The van der Waals surface area contributed by atoms with Gasteiger partial charge in [-0.15, -0.1) is 0 Å². The third-order valence-electron chi connectivity index (χ3n) is 2.56. The van der Waals surface area contributed by atoms with E-state index in [4.69, 9.17) is 15.9 Å². The average molecular weight is 337 g/mol. The van der Waals surface area contributed by atoms with Gasteiger partial charge in [0.15, 0.2) is 0 Å². The van der Waals surface area contributed by atoms with Crippen LogP contribution in [0.4, 0.5) is 18.0 Å². The van der Waals surface area contributed by atoms with Crippen LogP contribution in [0, 0.1) is 5.92 Å². The van der Waals surface area contributed by atoms with E-state index in [1.54, 1.807) is 13.8 Å². The number of aromatic nitrogens is 1. The molecule has 1 aromatic rings. The number of carboxylic acid groups (broad SMARTS) is 2. The average Bonchev–Trinajstić information content (AvgIpc) is 2.44. The van der Waals surface area contributed by atoms with E-state index in [1.165, 1.54) is 6.07 Å². The van der Waals surface area contributed by atoms with Crippen molar-refractivity contribution in [2.45, 2.75) is 32.6 Å². The van der Waals surface area contributed by atoms with E-state index >= 15 is 0 Å². The Labute approximate surface area is 130 Å². The Morgan fingerprint density at radius 1 is 1.30 bits per heavy atom. The molecule has 5 N–H and O–H groups in total. The Hall–Kier alpha value is -2.36. The van der Waals surface area contributed by atoms with Gasteiger partial charge in [-0.25, -0.2) is 4.79 Å². The predicted molar refractivity (Wildman–Crippen MR) is 74.6 cm³/mol. The van der Waals surface area contributed by atoms with E-state index < -0.39 is 30.0 Å². The highest BCUT2D eigenvalue weighted by atomic mass is 19.4. The molecule has 0 aliphatic rings. The van der Waals surface area contributed by atoms with Crippen molar-refractivity contribution in [3.8, 4) is 0 Å². The van der Waals surface area contributed by atoms with E-state index in [9.17, 15) is 22.8 Å². The van der Waals surface area contributed by atoms with Crippen molar-refractivity contribution in [1.82, 2.24) is 10.3 Å². The van der Waals surface area contributed by atoms with Gasteiger partial charge in [0.05, 0.1) is 0 Å². The van der Waals surface area contributed by atoms with Crippen LogP contribution in [0.15, 0.2) is 18.3 Å². The fraction of sp³-hybridized carbons (Fsp3) is 0.462. The molecule has 10 heteroatoms. The predicted octanol–water partition coefficient (Wildman–Crippen LogP) is 1.92. The molecule has 130 valence electrons. The molecule has 7 nitrogen and oxygen atoms in total. The number of nitrogens with one attached hydrogen (secondary N) is 1. The summed E-state index contributed by atoms with van der Waals surface area (Å²) in [6.45, 7) is 3.48. The van der Waals surface area contributed by atoms with Gasteiger partial charge in [0.1, 0.15) is 11.7 Å². The van der Waals surface area contributed by atoms with Crippen molar-refractivity contribution >= 4 is 12.1 Å². The lowest BCUT2D eigenvalue weighted by atomic mass is 10.1. The molecular formula is C13H18F3N3O4. The quantitative estimate of drug-likeness (QED) is 0.665. The SMILES string of the molecule is CC(C)[C@H](N)C(=O)O.O=C(O)NCc1ccc(C(F)(F)F)nc1. The fourth-order valence-corrected chi connectivity index (χ4v) is 1.16. The molecule has 0 radical (unpaired) electrons. The first kappa shape index (κ1) is 20.6. The van der Waals surface area contributed by atoms with Crippen LogP contribution in [0.25, 0.3) is 0 Å². The van der Waals surface area contributed by atoms with Crippen LogP contribution in [-0.2, 0) is 17.5 Å². The summed E-state index contributed by atoms with van der Waals surface area (Å²) in [5.74, 6) is -0.910. The summed E-state index contributed by atoms with van der Waals surface area (Å²) in [5, 5.41) is 18.5. The number of nitrogens with zero attached hydrogens (tertiary/aromatic N) is 1. The van der Waals surface area contributed by atoms with Crippen LogP contribution >= 0.6 is 0 Å². The maximum atomic E-state index is 12.1. The molecule has 1 heterocycles. The lowest BCUT2D eigenvalue weighted by Crippen LogP contribution is -2.34. The molecule has 0 saturated heterocycles. The fourth-order valence-electron chi connectivity index (χ4n) is 1.16. The Bertz CT molecular complexity index is 518. The monoisotopic (exact) mass is 337 g/mol. The summed E-state index contributed by atoms with van der Waals surface area (Å²) in [4.78, 5) is 23.3. The molecule has 0 aromatic carbocycles. The Balaban J connectivity index is 0.000000515. The maximum Gasteiger partial charge on any atom is 0.433 e. The second-order valence-corrected chi connectivity index (χ2v) is 4.82. The summed E-state index contributed by atoms with van der Waals surface area (Å²) >= 11 is 0. The lowest BCUT2D eigenvalue weighted by molar-refractivity contribution is -0.141. The minimum Gasteiger partial charge on any atom is -0.480 e. The summed E-state index contributed by atoms with van der Waals surface area (Å²) in [5.41, 5.74) is 4.53. The number of hydrogen-bond donors (Lipinski definition) is 4. The highest BCUT2D eigenvalue weighted by Crippen LogP contribution is 2.27. The standard InChI is InChI=1S/C8H7F3N2O2.C5H11NO2/c9-8(10,11)6-2-1-5(3-12-6)4-13-7(14)15;1-3(2)4(6)5(7)8/h1-3,13H,4H2,(H,14,15);3-4H,6H2,1-2H3,(H,7,8)/t;4-/m.0/s1. The van der Waals surface area contributed by atoms with Gasteiger partial charge in [0.2, 0.25) is 0 Å². The minimum absolute atomic E-state index is 0.0208. The first-order valence-electron chi connectivity index (χ1n) is 6.42. The number of alkyl halides is 3. The van der Waals surface area contributed by atoms with Crippen molar-refractivity contribution in [1.29, 1.82) is 0 Å². The minimum atomic E-state index is -4.47. The van der Waals surface area contributed by atoms with Crippen LogP contribution in [0.1, 0.15) is 25.1 Å². The van der Waals surface area contributed by atoms with E-state index in [0.717, 1.165) is 12.3 Å². The third-order valence-corrected chi connectivity index (χ3v) is 2.56. The molecule has 1 atom stereocenters. The molecule has 0 bridgehead atoms. The van der Waals surface area contributed by atoms with Crippen LogP contribution < -0.4 is 11.1 Å². The molecule has 0 fully saturated rings. The second-order valence-electron chi connectivity index (χ2n) is 4.82. The van der Waals surface area contributed by atoms with Gasteiger partial charge >= 0.3 is 18.2 Å². The van der Waals surface area contributed by atoms with E-state index in [1.807, 2.05) is 5.32 Å². The normalized spacial score (nSPS) is 12.1. The first-order valence-corrected chi connectivity index (χ1v) is 6.42. The Morgan fingerprint density at radius 2 is 1.87 bits per heavy atom. The molecule has 0 saturated carbocycles. The molecule has 1 rings (SSSR count). The van der Waals surface area contributed by atoms with Crippen LogP contribution in [-0.4, -0.2) is 33.3 Å². The summed E-state index contributed by atoms with van der Waals surface area (Å²) < 4.78 is 36.2. The topological polar surface area (TPSA) is 126 Å². The number of nitrogens with two attached hydrogens (primary N) is 1. The van der Waals surface area contributed by atoms with Gasteiger partial charge < -0.3 is 21.3 Å². The Kier molecular flexibility index (Phi) is 8.02. The first-order chi connectivity index (χ1) is 10.4. The molecule has 23 heavy (non-hydrogen) atoms. The molecule has 0 aliphatic carbocycles. The van der Waals surface area contributed by atoms with Gasteiger partial charge in [-0.05, 0) is 17.5 Å². The van der Waals surface area contributed by atoms with Crippen LogP contribution in [0.5, 0.6) is 0 Å². The van der Waals surface area contributed by atoms with Gasteiger partial charge in [0.25, 0.3) is 0 Å². The molecule has 0 aliphatic heterocycles. The second kappa shape index (κ2) is 8.93. The van der Waals surface area contributed by atoms with Gasteiger partial charge in [-0.3, -0.25) is 9.78 Å². The van der Waals surface area contributed by atoms with Crippen molar-refractivity contribution in [2.24, 2.45) is 11.7 Å². The molecule has 0 spiro atoms. The number of rotatable bonds is 4. The van der Waals surface area contributed by atoms with Crippen molar-refractivity contribution in [3.63, 3.8) is 0 Å². The summed E-state index contributed by atoms with van der Waals surface area (Å²) in [6, 6.07) is 1.26. The van der Waals surface area contributed by atoms with Crippen LogP contribution in [0.2, 0.25) is 0 Å². The molecule has 1 amide bonds. The molecule has 0 unspecified atom stereocenters. The number of halogens is 3. The zero-order valence-corrected chi connectivity index (χ0v) is 12.5. The Morgan fingerprint density at radius 3 is 2.13 bits per heavy atom. The highest BCUT2D eigenvalue weighted by molar-refractivity contribution is 5.73. The smallest absolute Gasteiger partial charge is 0.433 e. The van der Waals surface area contributed by atoms with Crippen molar-refractivity contribution in [2.75, 3.05) is 0 Å². The number of aliphatic carboxylic acids is 1. The number of carbonyl (C=O) groups is 2. The van der Waals surface area contributed by atoms with E-state index in [2.05, 4.69) is 4.98 Å². The summed E-state index contributed by atoms with van der Waals surface area (Å²) in [6.07, 6.45) is -4.73. The zero-order valence-electron chi connectivity index (χ0n) is 12.5. The number of pyridine rings is 1. The van der Waals surface area contributed by atoms with Gasteiger partial charge in [-0.1, -0.05) is 19.9 Å². The van der Waals surface area contributed by atoms with E-state index in [0.29, 0.717) is 5.56 Å². The van der Waals surface area contributed by atoms with Gasteiger partial charge in [0, 0.05) is 12.7 Å². The van der Waals surface area contributed by atoms with Crippen LogP contribution in [0.3, 0.4) is 0 Å². The third kappa shape index (κ3) is 8.61. The number of carboxylic acids is 1. The number of amides is 1. The largest absolute Gasteiger partial charge is 0.480 e. The zero-order chi connectivity index (χ0) is 18.2.